The lowest BCUT2D eigenvalue weighted by atomic mass is 9.96. The smallest absolute Gasteiger partial charge is 0.122 e. The van der Waals surface area contributed by atoms with Crippen LogP contribution in [0.2, 0.25) is 0 Å². The molecule has 138 valence electrons. The third-order valence-corrected chi connectivity index (χ3v) is 5.28. The molecule has 8 nitrogen and oxygen atoms in total. The van der Waals surface area contributed by atoms with Crippen molar-refractivity contribution in [3.63, 3.8) is 0 Å². The van der Waals surface area contributed by atoms with E-state index < -0.39 is 0 Å². The van der Waals surface area contributed by atoms with Crippen molar-refractivity contribution >= 4 is 0 Å². The summed E-state index contributed by atoms with van der Waals surface area (Å²) in [6.45, 7) is 5.32. The summed E-state index contributed by atoms with van der Waals surface area (Å²) in [6.07, 6.45) is 8.60. The van der Waals surface area contributed by atoms with E-state index in [4.69, 9.17) is 4.74 Å². The van der Waals surface area contributed by atoms with Gasteiger partial charge in [-0.1, -0.05) is 0 Å². The van der Waals surface area contributed by atoms with Crippen LogP contribution in [0.25, 0.3) is 0 Å². The molecule has 1 aliphatic heterocycles. The van der Waals surface area contributed by atoms with Crippen LogP contribution in [0.4, 0.5) is 0 Å². The number of H-pyrrole nitrogens is 1. The summed E-state index contributed by atoms with van der Waals surface area (Å²) in [4.78, 5) is 15.0. The molecule has 0 saturated heterocycles. The summed E-state index contributed by atoms with van der Waals surface area (Å²) in [5.74, 6) is 1.05. The molecular weight excluding hydrogens is 330 g/mol. The summed E-state index contributed by atoms with van der Waals surface area (Å²) in [5.41, 5.74) is 4.69. The SMILES string of the molecule is COCCn1ccnc1CN1CCc2[nH]cnc2[C@@H]1c1cnn(C)c1C. The second kappa shape index (κ2) is 7.05. The van der Waals surface area contributed by atoms with Gasteiger partial charge in [-0.2, -0.15) is 5.10 Å². The van der Waals surface area contributed by atoms with Crippen molar-refractivity contribution in [1.82, 2.24) is 34.2 Å². The monoisotopic (exact) mass is 355 g/mol. The zero-order chi connectivity index (χ0) is 18.1. The molecule has 4 rings (SSSR count). The van der Waals surface area contributed by atoms with Crippen LogP contribution in [0, 0.1) is 6.92 Å². The van der Waals surface area contributed by atoms with Crippen LogP contribution >= 0.6 is 0 Å². The second-order valence-electron chi connectivity index (χ2n) is 6.73. The Bertz CT molecular complexity index is 878. The van der Waals surface area contributed by atoms with Crippen molar-refractivity contribution < 1.29 is 4.74 Å². The lowest BCUT2D eigenvalue weighted by molar-refractivity contribution is 0.175. The molecule has 0 amide bonds. The van der Waals surface area contributed by atoms with E-state index in [1.807, 2.05) is 30.3 Å². The minimum atomic E-state index is 0.0891. The lowest BCUT2D eigenvalue weighted by Gasteiger charge is -2.34. The van der Waals surface area contributed by atoms with Crippen molar-refractivity contribution in [2.24, 2.45) is 7.05 Å². The van der Waals surface area contributed by atoms with Gasteiger partial charge in [-0.15, -0.1) is 0 Å². The van der Waals surface area contributed by atoms with Crippen molar-refractivity contribution in [3.8, 4) is 0 Å². The highest BCUT2D eigenvalue weighted by atomic mass is 16.5. The van der Waals surface area contributed by atoms with Crippen molar-refractivity contribution in [1.29, 1.82) is 0 Å². The number of hydrogen-bond donors (Lipinski definition) is 1. The van der Waals surface area contributed by atoms with E-state index >= 15 is 0 Å². The fraction of sp³-hybridized carbons (Fsp3) is 0.500. The Balaban J connectivity index is 1.67. The number of rotatable bonds is 6. The summed E-state index contributed by atoms with van der Waals surface area (Å²) in [5, 5.41) is 4.45. The molecule has 8 heteroatoms. The van der Waals surface area contributed by atoms with E-state index in [2.05, 4.69) is 36.4 Å². The number of aromatic nitrogens is 6. The van der Waals surface area contributed by atoms with Crippen LogP contribution in [0.3, 0.4) is 0 Å². The van der Waals surface area contributed by atoms with Gasteiger partial charge in [0.2, 0.25) is 0 Å². The van der Waals surface area contributed by atoms with Gasteiger partial charge in [-0.05, 0) is 6.92 Å². The first-order valence-electron chi connectivity index (χ1n) is 8.92. The minimum Gasteiger partial charge on any atom is -0.383 e. The molecule has 4 heterocycles. The van der Waals surface area contributed by atoms with E-state index in [1.165, 1.54) is 17.0 Å². The van der Waals surface area contributed by atoms with Crippen LogP contribution in [0.5, 0.6) is 0 Å². The average molecular weight is 355 g/mol. The van der Waals surface area contributed by atoms with Gasteiger partial charge in [-0.3, -0.25) is 9.58 Å². The molecule has 0 saturated carbocycles. The van der Waals surface area contributed by atoms with Crippen LogP contribution in [-0.2, 0) is 31.3 Å². The number of fused-ring (bicyclic) bond motifs is 1. The number of methoxy groups -OCH3 is 1. The zero-order valence-electron chi connectivity index (χ0n) is 15.5. The highest BCUT2D eigenvalue weighted by Gasteiger charge is 2.33. The van der Waals surface area contributed by atoms with E-state index in [0.29, 0.717) is 6.61 Å². The molecule has 0 spiro atoms. The predicted octanol–water partition coefficient (Wildman–Crippen LogP) is 1.44. The fourth-order valence-electron chi connectivity index (χ4n) is 3.69. The van der Waals surface area contributed by atoms with E-state index in [1.54, 1.807) is 13.4 Å². The zero-order valence-corrected chi connectivity index (χ0v) is 15.5. The number of imidazole rings is 2. The number of aryl methyl sites for hydroxylation is 1. The van der Waals surface area contributed by atoms with Crippen LogP contribution in [0.15, 0.2) is 24.9 Å². The molecule has 0 aromatic carbocycles. The first-order valence-corrected chi connectivity index (χ1v) is 8.92. The fourth-order valence-corrected chi connectivity index (χ4v) is 3.69. The maximum absolute atomic E-state index is 5.22. The van der Waals surface area contributed by atoms with Crippen LogP contribution < -0.4 is 0 Å². The number of hydrogen-bond acceptors (Lipinski definition) is 5. The largest absolute Gasteiger partial charge is 0.383 e. The van der Waals surface area contributed by atoms with E-state index in [0.717, 1.165) is 37.6 Å². The van der Waals surface area contributed by atoms with Crippen LogP contribution in [0.1, 0.15) is 34.5 Å². The Morgan fingerprint density at radius 3 is 3.00 bits per heavy atom. The first kappa shape index (κ1) is 17.0. The average Bonchev–Trinajstić information content (AvgIpc) is 3.36. The topological polar surface area (TPSA) is 76.8 Å². The van der Waals surface area contributed by atoms with Crippen molar-refractivity contribution in [2.75, 3.05) is 20.3 Å². The molecule has 0 fully saturated rings. The molecule has 26 heavy (non-hydrogen) atoms. The number of aromatic amines is 1. The van der Waals surface area contributed by atoms with Gasteiger partial charge >= 0.3 is 0 Å². The molecule has 3 aromatic rings. The number of ether oxygens (including phenoxy) is 1. The van der Waals surface area contributed by atoms with Gasteiger partial charge in [0.25, 0.3) is 0 Å². The molecule has 1 atom stereocenters. The van der Waals surface area contributed by atoms with Gasteiger partial charge in [0.1, 0.15) is 5.82 Å². The molecule has 0 aliphatic carbocycles. The quantitative estimate of drug-likeness (QED) is 0.724. The third kappa shape index (κ3) is 2.95. The maximum Gasteiger partial charge on any atom is 0.122 e. The summed E-state index contributed by atoms with van der Waals surface area (Å²) < 4.78 is 9.31. The van der Waals surface area contributed by atoms with Crippen molar-refractivity contribution in [2.45, 2.75) is 32.5 Å². The first-order chi connectivity index (χ1) is 12.7. The number of nitrogens with zero attached hydrogens (tertiary/aromatic N) is 6. The van der Waals surface area contributed by atoms with Gasteiger partial charge in [0, 0.05) is 63.0 Å². The Labute approximate surface area is 152 Å². The van der Waals surface area contributed by atoms with Crippen molar-refractivity contribution in [3.05, 3.63) is 53.4 Å². The molecule has 1 N–H and O–H groups in total. The standard InChI is InChI=1S/C18H25N7O/c1-13-14(10-22-23(13)2)18-17-15(20-12-21-17)4-6-25(18)11-16-19-5-7-24(16)8-9-26-3/h5,7,10,12,18H,4,6,8-9,11H2,1-3H3,(H,20,21)/t18-/m0/s1. The second-order valence-corrected chi connectivity index (χ2v) is 6.73. The highest BCUT2D eigenvalue weighted by Crippen LogP contribution is 2.35. The molecule has 0 bridgehead atoms. The molecular formula is C18H25N7O. The Morgan fingerprint density at radius 1 is 1.35 bits per heavy atom. The van der Waals surface area contributed by atoms with Gasteiger partial charge in [0.05, 0.1) is 37.4 Å². The predicted molar refractivity (Wildman–Crippen MR) is 96.6 cm³/mol. The lowest BCUT2D eigenvalue weighted by Crippen LogP contribution is -2.37. The van der Waals surface area contributed by atoms with E-state index in [-0.39, 0.29) is 6.04 Å². The molecule has 0 radical (unpaired) electrons. The molecule has 3 aromatic heterocycles. The van der Waals surface area contributed by atoms with Crippen LogP contribution in [-0.4, -0.2) is 54.5 Å². The van der Waals surface area contributed by atoms with Gasteiger partial charge in [0.15, 0.2) is 0 Å². The highest BCUT2D eigenvalue weighted by molar-refractivity contribution is 5.33. The van der Waals surface area contributed by atoms with E-state index in [9.17, 15) is 0 Å². The summed E-state index contributed by atoms with van der Waals surface area (Å²) >= 11 is 0. The minimum absolute atomic E-state index is 0.0891. The Hall–Kier alpha value is -2.45. The normalized spacial score (nSPS) is 17.6. The summed E-state index contributed by atoms with van der Waals surface area (Å²) in [6, 6.07) is 0.0891. The maximum atomic E-state index is 5.22. The molecule has 1 aliphatic rings. The van der Waals surface area contributed by atoms with Gasteiger partial charge < -0.3 is 14.3 Å². The third-order valence-electron chi connectivity index (χ3n) is 5.28. The Kier molecular flexibility index (Phi) is 4.60. The summed E-state index contributed by atoms with van der Waals surface area (Å²) in [7, 11) is 3.70. The number of nitrogens with one attached hydrogen (secondary N) is 1. The Morgan fingerprint density at radius 2 is 2.23 bits per heavy atom. The van der Waals surface area contributed by atoms with Gasteiger partial charge in [-0.25, -0.2) is 9.97 Å². The molecule has 0 unspecified atom stereocenters.